The number of ether oxygens (including phenoxy) is 2. The summed E-state index contributed by atoms with van der Waals surface area (Å²) in [5, 5.41) is 0. The van der Waals surface area contributed by atoms with Crippen LogP contribution < -0.4 is 11.3 Å². The Morgan fingerprint density at radius 2 is 1.78 bits per heavy atom. The number of hydrogen-bond donors (Lipinski definition) is 2. The van der Waals surface area contributed by atoms with Crippen molar-refractivity contribution in [3.63, 3.8) is 0 Å². The number of nitrogen functional groups attached to an aromatic ring is 1. The number of nitrogens with one attached hydrogen (secondary N) is 1. The van der Waals surface area contributed by atoms with Gasteiger partial charge in [-0.1, -0.05) is 13.8 Å². The Hall–Kier alpha value is -3.04. The summed E-state index contributed by atoms with van der Waals surface area (Å²) in [6.45, 7) is 5.28. The van der Waals surface area contributed by atoms with Crippen molar-refractivity contribution in [2.75, 3.05) is 5.73 Å². The number of aromatic amines is 1. The maximum atomic E-state index is 12.1. The molecule has 0 radical (unpaired) electrons. The Kier molecular flexibility index (Phi) is 6.80. The van der Waals surface area contributed by atoms with Gasteiger partial charge in [-0.05, 0) is 19.8 Å². The molecule has 2 heterocycles. The molecular formula is C17H23N5O5. The summed E-state index contributed by atoms with van der Waals surface area (Å²) < 4.78 is 10.8. The van der Waals surface area contributed by atoms with Crippen LogP contribution >= 0.6 is 0 Å². The topological polar surface area (TPSA) is 150 Å². The van der Waals surface area contributed by atoms with Gasteiger partial charge in [-0.15, -0.1) is 0 Å². The van der Waals surface area contributed by atoms with E-state index in [1.807, 2.05) is 13.8 Å². The lowest BCUT2D eigenvalue weighted by Crippen LogP contribution is -2.28. The molecule has 2 aromatic heterocycles. The number of hydrogen-bond acceptors (Lipinski definition) is 9. The molecule has 3 N–H and O–H groups in total. The Bertz CT molecular complexity index is 882. The number of carbonyl (C=O) groups excluding carboxylic acids is 2. The number of rotatable bonds is 8. The van der Waals surface area contributed by atoms with E-state index >= 15 is 0 Å². The first kappa shape index (κ1) is 20.3. The minimum atomic E-state index is -1.00. The van der Waals surface area contributed by atoms with Crippen molar-refractivity contribution in [2.24, 2.45) is 0 Å². The van der Waals surface area contributed by atoms with E-state index < -0.39 is 29.7 Å². The van der Waals surface area contributed by atoms with Crippen LogP contribution in [0.25, 0.3) is 11.2 Å². The van der Waals surface area contributed by atoms with Crippen LogP contribution in [-0.4, -0.2) is 38.0 Å². The maximum absolute atomic E-state index is 12.1. The molecule has 0 bridgehead atoms. The highest BCUT2D eigenvalue weighted by Gasteiger charge is 2.29. The van der Waals surface area contributed by atoms with Crippen LogP contribution in [0.4, 0.5) is 5.95 Å². The first-order chi connectivity index (χ1) is 12.8. The molecule has 2 aromatic rings. The van der Waals surface area contributed by atoms with E-state index in [9.17, 15) is 14.4 Å². The molecule has 0 aromatic carbocycles. The fourth-order valence-corrected chi connectivity index (χ4v) is 2.42. The molecule has 10 nitrogen and oxygen atoms in total. The van der Waals surface area contributed by atoms with Crippen molar-refractivity contribution in [3.05, 3.63) is 22.2 Å². The molecule has 0 saturated heterocycles. The van der Waals surface area contributed by atoms with Gasteiger partial charge in [0.25, 0.3) is 5.56 Å². The number of nitrogens with two attached hydrogens (primary N) is 1. The average molecular weight is 377 g/mol. The lowest BCUT2D eigenvalue weighted by molar-refractivity contribution is -0.167. The van der Waals surface area contributed by atoms with Gasteiger partial charge in [0.1, 0.15) is 11.8 Å². The number of H-pyrrole nitrogens is 1. The van der Waals surface area contributed by atoms with E-state index in [2.05, 4.69) is 19.9 Å². The zero-order valence-electron chi connectivity index (χ0n) is 15.5. The SMILES string of the molecule is CCCC(=O)OC(C)[C@@H](OC(=O)CCC)c1cnc2nc(N)[nH]c(=O)c2n1. The number of carbonyl (C=O) groups is 2. The Morgan fingerprint density at radius 1 is 1.15 bits per heavy atom. The van der Waals surface area contributed by atoms with Crippen LogP contribution in [0.3, 0.4) is 0 Å². The first-order valence-electron chi connectivity index (χ1n) is 8.77. The van der Waals surface area contributed by atoms with Gasteiger partial charge >= 0.3 is 11.9 Å². The summed E-state index contributed by atoms with van der Waals surface area (Å²) in [6, 6.07) is 0. The minimum absolute atomic E-state index is 0.0506. The molecule has 0 saturated carbocycles. The van der Waals surface area contributed by atoms with Crippen LogP contribution in [0.15, 0.2) is 11.0 Å². The summed E-state index contributed by atoms with van der Waals surface area (Å²) in [5.41, 5.74) is 5.12. The molecule has 2 atom stereocenters. The molecule has 0 amide bonds. The normalized spacial score (nSPS) is 13.1. The van der Waals surface area contributed by atoms with Crippen LogP contribution in [0.2, 0.25) is 0 Å². The second kappa shape index (κ2) is 9.06. The zero-order chi connectivity index (χ0) is 20.0. The summed E-state index contributed by atoms with van der Waals surface area (Å²) in [4.78, 5) is 50.4. The van der Waals surface area contributed by atoms with Crippen molar-refractivity contribution in [1.82, 2.24) is 19.9 Å². The largest absolute Gasteiger partial charge is 0.458 e. The molecular weight excluding hydrogens is 354 g/mol. The Labute approximate surface area is 155 Å². The van der Waals surface area contributed by atoms with Crippen LogP contribution in [0.5, 0.6) is 0 Å². The van der Waals surface area contributed by atoms with E-state index in [0.717, 1.165) is 0 Å². The molecule has 0 aliphatic rings. The second-order valence-electron chi connectivity index (χ2n) is 6.02. The van der Waals surface area contributed by atoms with E-state index in [0.29, 0.717) is 12.8 Å². The van der Waals surface area contributed by atoms with E-state index in [4.69, 9.17) is 15.2 Å². The van der Waals surface area contributed by atoms with Gasteiger partial charge in [0, 0.05) is 12.8 Å². The monoisotopic (exact) mass is 377 g/mol. The van der Waals surface area contributed by atoms with Gasteiger partial charge < -0.3 is 15.2 Å². The number of fused-ring (bicyclic) bond motifs is 1. The molecule has 27 heavy (non-hydrogen) atoms. The fraction of sp³-hybridized carbons (Fsp3) is 0.529. The van der Waals surface area contributed by atoms with Gasteiger partial charge in [-0.25, -0.2) is 9.97 Å². The highest BCUT2D eigenvalue weighted by Crippen LogP contribution is 2.24. The summed E-state index contributed by atoms with van der Waals surface area (Å²) >= 11 is 0. The quantitative estimate of drug-likeness (QED) is 0.651. The van der Waals surface area contributed by atoms with Crippen molar-refractivity contribution < 1.29 is 19.1 Å². The molecule has 0 spiro atoms. The van der Waals surface area contributed by atoms with Crippen molar-refractivity contribution in [2.45, 2.75) is 58.7 Å². The van der Waals surface area contributed by atoms with Gasteiger partial charge in [-0.2, -0.15) is 4.98 Å². The molecule has 146 valence electrons. The average Bonchev–Trinajstić information content (AvgIpc) is 2.59. The molecule has 0 fully saturated rings. The number of aromatic nitrogens is 4. The predicted molar refractivity (Wildman–Crippen MR) is 96.6 cm³/mol. The molecule has 1 unspecified atom stereocenters. The third-order valence-electron chi connectivity index (χ3n) is 3.66. The van der Waals surface area contributed by atoms with E-state index in [1.165, 1.54) is 6.20 Å². The number of nitrogens with zero attached hydrogens (tertiary/aromatic N) is 3. The summed E-state index contributed by atoms with van der Waals surface area (Å²) in [6.07, 6.45) is 1.18. The number of anilines is 1. The van der Waals surface area contributed by atoms with Gasteiger partial charge in [0.15, 0.2) is 17.3 Å². The molecule has 0 aliphatic heterocycles. The zero-order valence-corrected chi connectivity index (χ0v) is 15.5. The summed E-state index contributed by atoms with van der Waals surface area (Å²) in [5.74, 6) is -0.961. The van der Waals surface area contributed by atoms with Crippen LogP contribution in [-0.2, 0) is 19.1 Å². The van der Waals surface area contributed by atoms with Gasteiger partial charge in [-0.3, -0.25) is 19.4 Å². The second-order valence-corrected chi connectivity index (χ2v) is 6.02. The Morgan fingerprint density at radius 3 is 2.41 bits per heavy atom. The molecule has 2 rings (SSSR count). The van der Waals surface area contributed by atoms with Crippen molar-refractivity contribution in [1.29, 1.82) is 0 Å². The predicted octanol–water partition coefficient (Wildman–Crippen LogP) is 1.41. The number of esters is 2. The molecule has 0 aliphatic carbocycles. The third-order valence-corrected chi connectivity index (χ3v) is 3.66. The third kappa shape index (κ3) is 5.22. The van der Waals surface area contributed by atoms with Gasteiger partial charge in [0.2, 0.25) is 5.95 Å². The van der Waals surface area contributed by atoms with E-state index in [1.54, 1.807) is 6.92 Å². The van der Waals surface area contributed by atoms with Gasteiger partial charge in [0.05, 0.1) is 6.20 Å². The summed E-state index contributed by atoms with van der Waals surface area (Å²) in [7, 11) is 0. The first-order valence-corrected chi connectivity index (χ1v) is 8.77. The van der Waals surface area contributed by atoms with Crippen molar-refractivity contribution in [3.8, 4) is 0 Å². The smallest absolute Gasteiger partial charge is 0.306 e. The fourth-order valence-electron chi connectivity index (χ4n) is 2.42. The van der Waals surface area contributed by atoms with Crippen LogP contribution in [0, 0.1) is 0 Å². The highest BCUT2D eigenvalue weighted by molar-refractivity contribution is 5.71. The lowest BCUT2D eigenvalue weighted by atomic mass is 10.1. The Balaban J connectivity index is 2.39. The van der Waals surface area contributed by atoms with E-state index in [-0.39, 0.29) is 35.6 Å². The highest BCUT2D eigenvalue weighted by atomic mass is 16.6. The molecule has 10 heteroatoms. The maximum Gasteiger partial charge on any atom is 0.306 e. The standard InChI is InChI=1S/C17H23N5O5/c1-4-6-11(23)26-9(3)14(27-12(24)7-5-2)10-8-19-15-13(20-10)16(25)22-17(18)21-15/h8-9,14H,4-7H2,1-3H3,(H3,18,19,21,22,25)/t9?,14-/m1/s1. The lowest BCUT2D eigenvalue weighted by Gasteiger charge is -2.23. The van der Waals surface area contributed by atoms with Crippen LogP contribution in [0.1, 0.15) is 58.3 Å². The minimum Gasteiger partial charge on any atom is -0.458 e. The van der Waals surface area contributed by atoms with Crippen molar-refractivity contribution >= 4 is 29.1 Å².